The Labute approximate surface area is 109 Å². The van der Waals surface area contributed by atoms with E-state index in [1.54, 1.807) is 6.92 Å². The second-order valence-corrected chi connectivity index (χ2v) is 7.61. The predicted octanol–water partition coefficient (Wildman–Crippen LogP) is 4.01. The standard InChI is InChI=1S/C16H24O2/c1-10(14(17)18)11(2)16-7-12-4-13(8-16)6-15(3,5-12)9-16/h12-13H,4-9H2,1-3H3,(H,17,18). The number of hydrogen-bond donors (Lipinski definition) is 1. The zero-order valence-electron chi connectivity index (χ0n) is 11.8. The summed E-state index contributed by atoms with van der Waals surface area (Å²) >= 11 is 0. The molecule has 0 aromatic rings. The summed E-state index contributed by atoms with van der Waals surface area (Å²) in [7, 11) is 0. The van der Waals surface area contributed by atoms with Crippen LogP contribution in [0.5, 0.6) is 0 Å². The molecule has 0 aromatic heterocycles. The van der Waals surface area contributed by atoms with Crippen LogP contribution in [0, 0.1) is 22.7 Å². The van der Waals surface area contributed by atoms with E-state index in [-0.39, 0.29) is 5.41 Å². The lowest BCUT2D eigenvalue weighted by Gasteiger charge is -2.62. The molecule has 18 heavy (non-hydrogen) atoms. The van der Waals surface area contributed by atoms with Gasteiger partial charge in [-0.25, -0.2) is 4.79 Å². The van der Waals surface area contributed by atoms with Gasteiger partial charge in [-0.2, -0.15) is 0 Å². The Morgan fingerprint density at radius 3 is 2.11 bits per heavy atom. The fraction of sp³-hybridized carbons (Fsp3) is 0.812. The van der Waals surface area contributed by atoms with Gasteiger partial charge in [0.05, 0.1) is 0 Å². The van der Waals surface area contributed by atoms with Crippen LogP contribution < -0.4 is 0 Å². The average Bonchev–Trinajstić information content (AvgIpc) is 2.23. The van der Waals surface area contributed by atoms with Crippen molar-refractivity contribution in [2.45, 2.75) is 59.3 Å². The van der Waals surface area contributed by atoms with Gasteiger partial charge < -0.3 is 5.11 Å². The Hall–Kier alpha value is -0.790. The summed E-state index contributed by atoms with van der Waals surface area (Å²) in [6.07, 6.45) is 7.88. The zero-order valence-corrected chi connectivity index (χ0v) is 11.8. The second kappa shape index (κ2) is 3.61. The van der Waals surface area contributed by atoms with Crippen LogP contribution in [0.1, 0.15) is 59.3 Å². The van der Waals surface area contributed by atoms with E-state index < -0.39 is 5.97 Å². The number of carboxylic acids is 1. The first kappa shape index (κ1) is 12.3. The molecule has 0 saturated heterocycles. The normalized spacial score (nSPS) is 47.1. The second-order valence-electron chi connectivity index (χ2n) is 7.61. The van der Waals surface area contributed by atoms with Gasteiger partial charge in [0.2, 0.25) is 0 Å². The number of aliphatic carboxylic acids is 1. The van der Waals surface area contributed by atoms with Crippen LogP contribution in [-0.2, 0) is 4.79 Å². The first-order valence-electron chi connectivity index (χ1n) is 7.25. The van der Waals surface area contributed by atoms with Gasteiger partial charge in [0.1, 0.15) is 0 Å². The molecule has 2 nitrogen and oxygen atoms in total. The molecule has 2 atom stereocenters. The van der Waals surface area contributed by atoms with E-state index >= 15 is 0 Å². The molecule has 0 amide bonds. The Morgan fingerprint density at radius 1 is 1.11 bits per heavy atom. The molecule has 4 rings (SSSR count). The van der Waals surface area contributed by atoms with Crippen molar-refractivity contribution in [2.75, 3.05) is 0 Å². The van der Waals surface area contributed by atoms with E-state index in [4.69, 9.17) is 0 Å². The molecule has 4 bridgehead atoms. The maximum Gasteiger partial charge on any atom is 0.331 e. The first-order chi connectivity index (χ1) is 8.34. The van der Waals surface area contributed by atoms with Crippen LogP contribution in [0.4, 0.5) is 0 Å². The zero-order chi connectivity index (χ0) is 13.1. The summed E-state index contributed by atoms with van der Waals surface area (Å²) in [5, 5.41) is 9.26. The van der Waals surface area contributed by atoms with Crippen molar-refractivity contribution in [3.05, 3.63) is 11.1 Å². The molecule has 4 saturated carbocycles. The maximum atomic E-state index is 11.3. The molecule has 2 heteroatoms. The van der Waals surface area contributed by atoms with Crippen LogP contribution in [-0.4, -0.2) is 11.1 Å². The SMILES string of the molecule is CC(C(=O)O)=C(C)C12CC3CC(CC(C)(C3)C1)C2. The molecule has 1 N–H and O–H groups in total. The van der Waals surface area contributed by atoms with E-state index in [0.717, 1.165) is 11.8 Å². The highest BCUT2D eigenvalue weighted by molar-refractivity contribution is 5.87. The Kier molecular flexibility index (Phi) is 2.46. The Morgan fingerprint density at radius 2 is 1.67 bits per heavy atom. The van der Waals surface area contributed by atoms with Gasteiger partial charge in [0, 0.05) is 5.57 Å². The van der Waals surface area contributed by atoms with Gasteiger partial charge in [0.25, 0.3) is 0 Å². The van der Waals surface area contributed by atoms with E-state index in [2.05, 4.69) is 13.8 Å². The highest BCUT2D eigenvalue weighted by atomic mass is 16.4. The van der Waals surface area contributed by atoms with Gasteiger partial charge in [-0.3, -0.25) is 0 Å². The van der Waals surface area contributed by atoms with Gasteiger partial charge in [-0.15, -0.1) is 0 Å². The minimum absolute atomic E-state index is 0.224. The molecule has 4 aliphatic carbocycles. The summed E-state index contributed by atoms with van der Waals surface area (Å²) in [5.74, 6) is 0.981. The molecule has 4 aliphatic rings. The van der Waals surface area contributed by atoms with Crippen LogP contribution in [0.25, 0.3) is 0 Å². The third kappa shape index (κ3) is 1.64. The Balaban J connectivity index is 2.01. The number of carboxylic acid groups (broad SMARTS) is 1. The summed E-state index contributed by atoms with van der Waals surface area (Å²) in [5.41, 5.74) is 2.49. The average molecular weight is 248 g/mol. The quantitative estimate of drug-likeness (QED) is 0.750. The predicted molar refractivity (Wildman–Crippen MR) is 71.2 cm³/mol. The van der Waals surface area contributed by atoms with Crippen molar-refractivity contribution in [1.29, 1.82) is 0 Å². The monoisotopic (exact) mass is 248 g/mol. The van der Waals surface area contributed by atoms with Crippen molar-refractivity contribution in [3.8, 4) is 0 Å². The minimum atomic E-state index is -0.728. The molecule has 0 spiro atoms. The van der Waals surface area contributed by atoms with Crippen molar-refractivity contribution in [3.63, 3.8) is 0 Å². The van der Waals surface area contributed by atoms with Gasteiger partial charge in [-0.05, 0) is 75.0 Å². The lowest BCUT2D eigenvalue weighted by atomic mass is 9.43. The van der Waals surface area contributed by atoms with Crippen LogP contribution >= 0.6 is 0 Å². The number of hydrogen-bond acceptors (Lipinski definition) is 1. The minimum Gasteiger partial charge on any atom is -0.478 e. The van der Waals surface area contributed by atoms with Crippen LogP contribution in [0.2, 0.25) is 0 Å². The molecule has 0 heterocycles. The Bertz CT molecular complexity index is 418. The summed E-state index contributed by atoms with van der Waals surface area (Å²) in [4.78, 5) is 11.3. The summed E-state index contributed by atoms with van der Waals surface area (Å²) < 4.78 is 0. The number of rotatable bonds is 2. The third-order valence-corrected chi connectivity index (χ3v) is 6.03. The van der Waals surface area contributed by atoms with Crippen molar-refractivity contribution >= 4 is 5.97 Å². The van der Waals surface area contributed by atoms with Crippen molar-refractivity contribution in [2.24, 2.45) is 22.7 Å². The number of carbonyl (C=O) groups is 1. The molecule has 0 aromatic carbocycles. The molecule has 100 valence electrons. The van der Waals surface area contributed by atoms with Crippen molar-refractivity contribution in [1.82, 2.24) is 0 Å². The van der Waals surface area contributed by atoms with Gasteiger partial charge in [0.15, 0.2) is 0 Å². The first-order valence-corrected chi connectivity index (χ1v) is 7.25. The van der Waals surface area contributed by atoms with E-state index in [0.29, 0.717) is 11.0 Å². The smallest absolute Gasteiger partial charge is 0.331 e. The fourth-order valence-corrected chi connectivity index (χ4v) is 5.72. The van der Waals surface area contributed by atoms with E-state index in [1.165, 1.54) is 44.1 Å². The third-order valence-electron chi connectivity index (χ3n) is 6.03. The van der Waals surface area contributed by atoms with Crippen LogP contribution in [0.3, 0.4) is 0 Å². The fourth-order valence-electron chi connectivity index (χ4n) is 5.72. The maximum absolute atomic E-state index is 11.3. The van der Waals surface area contributed by atoms with Crippen molar-refractivity contribution < 1.29 is 9.90 Å². The number of allylic oxidation sites excluding steroid dienone is 1. The van der Waals surface area contributed by atoms with E-state index in [1.807, 2.05) is 0 Å². The van der Waals surface area contributed by atoms with Crippen LogP contribution in [0.15, 0.2) is 11.1 Å². The van der Waals surface area contributed by atoms with Gasteiger partial charge in [-0.1, -0.05) is 12.5 Å². The summed E-state index contributed by atoms with van der Waals surface area (Å²) in [6, 6.07) is 0. The molecule has 2 unspecified atom stereocenters. The molecular formula is C16H24O2. The molecule has 0 aliphatic heterocycles. The molecular weight excluding hydrogens is 224 g/mol. The van der Waals surface area contributed by atoms with E-state index in [9.17, 15) is 9.90 Å². The molecule has 4 fully saturated rings. The lowest BCUT2D eigenvalue weighted by Crippen LogP contribution is -2.51. The topological polar surface area (TPSA) is 37.3 Å². The highest BCUT2D eigenvalue weighted by Gasteiger charge is 2.56. The highest BCUT2D eigenvalue weighted by Crippen LogP contribution is 2.67. The van der Waals surface area contributed by atoms with Gasteiger partial charge >= 0.3 is 5.97 Å². The molecule has 0 radical (unpaired) electrons. The summed E-state index contributed by atoms with van der Waals surface area (Å²) in [6.45, 7) is 6.31. The largest absolute Gasteiger partial charge is 0.478 e. The lowest BCUT2D eigenvalue weighted by molar-refractivity contribution is -0.133.